The number of nitrogens with zero attached hydrogens (tertiary/aromatic N) is 1. The Morgan fingerprint density at radius 3 is 0.918 bits per heavy atom. The number of ether oxygens (including phenoxy) is 3. The molecule has 134 heavy (non-hydrogen) atoms. The van der Waals surface area contributed by atoms with Crippen molar-refractivity contribution in [3.05, 3.63) is 378 Å². The molecule has 13 aromatic rings. The Balaban J connectivity index is 0.000000349. The Bertz CT molecular complexity index is 5330. The number of carbonyl (C=O) groups excluding carboxylic acids is 1. The molecule has 1 aliphatic rings. The predicted octanol–water partition coefficient (Wildman–Crippen LogP) is 20.3. The maximum Gasteiger partial charge on any atom is 0.372 e. The molecule has 0 aliphatic carbocycles. The number of carbonyl (C=O) groups is 3. The van der Waals surface area contributed by atoms with Crippen LogP contribution in [0.15, 0.2) is 328 Å². The van der Waals surface area contributed by atoms with E-state index < -0.39 is 44.2 Å². The van der Waals surface area contributed by atoms with Crippen molar-refractivity contribution in [1.82, 2.24) is 11.1 Å². The van der Waals surface area contributed by atoms with E-state index in [1.165, 1.54) is 0 Å². The second-order valence-electron chi connectivity index (χ2n) is 29.3. The number of hydrogen-bond donors (Lipinski definition) is 6. The Labute approximate surface area is 873 Å². The first-order chi connectivity index (χ1) is 63.0. The maximum absolute atomic E-state index is 12.3. The minimum absolute atomic E-state index is 0. The zero-order valence-corrected chi connectivity index (χ0v) is 90.7. The van der Waals surface area contributed by atoms with Crippen LogP contribution in [-0.4, -0.2) is 128 Å². The van der Waals surface area contributed by atoms with E-state index in [-0.39, 0.29) is 54.5 Å². The standard InChI is InChI=1S/3C26H28ClNO.C20H13O4P.C6H8O7.CH4.I3.I2.HI.H3N.H2O/c3*1-3-28(4-2)19-20-29-24-17-15-22(16-18-24)25(21-11-7-5-8-12-21)26(27)23-13-9-6-10-14-23;21-25(22)23-17-11-9-13-5-1-3-7-15(13)19(17)20-16-8-4-2-6-14(16)10-12-18(20)24-25;7-3(8)1-6(13,5(11)12)2-4(9)10;;1-3-2;1-2;;;/h3*5-18H,3-4,19-20H2,1-2H3;1-12H,(H,21,22);13H,1-2H2,(H,7,8)(H,9,10)(H,11,12);1H4;;;1H;1H3;1H2/q;;;;;;-1;;;;/b3*26-25+;;;;;;;;. The molecule has 0 aromatic heterocycles. The van der Waals surface area contributed by atoms with E-state index in [1.54, 1.807) is 21.9 Å². The molecule has 0 amide bonds. The van der Waals surface area contributed by atoms with E-state index in [2.05, 4.69) is 194 Å². The summed E-state index contributed by atoms with van der Waals surface area (Å²) in [6.07, 6.45) is -2.41. The van der Waals surface area contributed by atoms with Gasteiger partial charge in [0.2, 0.25) is 0 Å². The number of fused-ring (bicyclic) bond motifs is 7. The Kier molecular flexibility index (Phi) is 56.3. The van der Waals surface area contributed by atoms with Crippen LogP contribution in [0.1, 0.15) is 112 Å². The van der Waals surface area contributed by atoms with Gasteiger partial charge in [-0.2, -0.15) is 0 Å². The van der Waals surface area contributed by atoms with Gasteiger partial charge in [-0.1, -0.05) is 335 Å². The van der Waals surface area contributed by atoms with E-state index in [0.717, 1.165) is 204 Å². The number of benzene rings is 13. The zero-order chi connectivity index (χ0) is 93.8. The first-order valence-corrected chi connectivity index (χ1v) is 63.7. The summed E-state index contributed by atoms with van der Waals surface area (Å²) < 4.78 is 40.6. The van der Waals surface area contributed by atoms with Gasteiger partial charge < -0.3 is 79.7 Å². The number of nitrogens with one attached hydrogen (secondary N) is 2. The van der Waals surface area contributed by atoms with Gasteiger partial charge >= 0.3 is 70.2 Å². The number of likely N-dealkylation sites (N-methyl/N-ethyl adjacent to an activating group) is 3. The molecular weight excluding hydrogens is 2460 g/mol. The van der Waals surface area contributed by atoms with E-state index in [9.17, 15) is 28.9 Å². The van der Waals surface area contributed by atoms with Crippen LogP contribution in [-0.2, 0) is 18.9 Å². The third-order valence-electron chi connectivity index (χ3n) is 21.1. The second kappa shape index (κ2) is 63.7. The Morgan fingerprint density at radius 1 is 0.418 bits per heavy atom. The molecule has 0 bridgehead atoms. The van der Waals surface area contributed by atoms with Gasteiger partial charge in [0.15, 0.2) is 0 Å². The van der Waals surface area contributed by atoms with Gasteiger partial charge in [-0.3, -0.25) is 9.59 Å². The van der Waals surface area contributed by atoms with Crippen LogP contribution in [0.2, 0.25) is 0 Å². The average Bonchev–Trinajstić information content (AvgIpc) is 1.51. The molecular formula is C105H115Cl3I6N4O15P-. The van der Waals surface area contributed by atoms with Gasteiger partial charge in [-0.25, -0.2) is 4.57 Å². The topological polar surface area (TPSA) is 300 Å². The molecule has 14 rings (SSSR count). The number of phosphoric acid groups is 1. The normalized spacial score (nSPS) is 11.8. The van der Waals surface area contributed by atoms with Crippen LogP contribution in [0.3, 0.4) is 0 Å². The summed E-state index contributed by atoms with van der Waals surface area (Å²) in [6.45, 7) is 24.9. The number of carboxylic acids is 3. The van der Waals surface area contributed by atoms with Gasteiger partial charge in [0.25, 0.3) is 0 Å². The minimum atomic E-state index is -4.50. The Hall–Kier alpha value is -7.79. The van der Waals surface area contributed by atoms with E-state index >= 15 is 0 Å². The fraction of sp³-hybridized carbons (Fsp3) is 0.210. The largest absolute Gasteiger partial charge is 0.736 e. The van der Waals surface area contributed by atoms with Crippen LogP contribution in [0.25, 0.3) is 64.5 Å². The monoisotopic (exact) mass is 2570 g/mol. The average molecular weight is 2570 g/mol. The molecule has 1 aliphatic heterocycles. The summed E-state index contributed by atoms with van der Waals surface area (Å²) in [6, 6.07) is 109. The molecule has 13 aromatic carbocycles. The fourth-order valence-electron chi connectivity index (χ4n) is 14.2. The van der Waals surface area contributed by atoms with Gasteiger partial charge in [-0.15, -0.1) is 24.0 Å². The van der Waals surface area contributed by atoms with Crippen molar-refractivity contribution < 1.29 is 96.1 Å². The first kappa shape index (κ1) is 119. The predicted molar refractivity (Wildman–Crippen MR) is 588 cm³/mol. The molecule has 29 heteroatoms. The molecule has 1 heterocycles. The first-order valence-electron chi connectivity index (χ1n) is 42.2. The number of halogens is 9. The molecule has 0 fully saturated rings. The molecule has 10 N–H and O–H groups in total. The van der Waals surface area contributed by atoms with Crippen molar-refractivity contribution in [2.45, 2.75) is 67.4 Å². The van der Waals surface area contributed by atoms with Gasteiger partial charge in [0, 0.05) is 71.6 Å². The molecule has 0 saturated carbocycles. The van der Waals surface area contributed by atoms with Gasteiger partial charge in [0.05, 0.1) is 60.1 Å². The fourth-order valence-corrected chi connectivity index (χ4v) is 16.1. The number of aliphatic hydroxyl groups is 1. The number of phosphoric ester groups is 1. The molecule has 714 valence electrons. The van der Waals surface area contributed by atoms with E-state index in [4.69, 9.17) is 73.4 Å². The molecule has 19 nitrogen and oxygen atoms in total. The van der Waals surface area contributed by atoms with Crippen molar-refractivity contribution in [1.29, 1.82) is 0 Å². The molecule has 0 saturated heterocycles. The quantitative estimate of drug-likeness (QED) is 0.0130. The van der Waals surface area contributed by atoms with Crippen molar-refractivity contribution >= 4 is 212 Å². The Morgan fingerprint density at radius 2 is 0.664 bits per heavy atom. The summed E-state index contributed by atoms with van der Waals surface area (Å²) >= 11 is 30.2. The number of rotatable bonds is 32. The summed E-state index contributed by atoms with van der Waals surface area (Å²) in [7, 11) is -4.50. The second-order valence-corrected chi connectivity index (χ2v) is 47.9. The van der Waals surface area contributed by atoms with Crippen molar-refractivity contribution in [3.8, 4) is 39.9 Å². The summed E-state index contributed by atoms with van der Waals surface area (Å²) in [5, 5.41) is 41.6. The smallest absolute Gasteiger partial charge is 0.372 e. The van der Waals surface area contributed by atoms with Crippen LogP contribution in [0, 0.1) is 0 Å². The number of aliphatic carboxylic acids is 3. The van der Waals surface area contributed by atoms with Crippen LogP contribution < -0.4 is 62.5 Å². The molecule has 0 spiro atoms. The van der Waals surface area contributed by atoms with E-state index in [1.807, 2.05) is 243 Å². The summed E-state index contributed by atoms with van der Waals surface area (Å²) in [4.78, 5) is 48.0. The maximum atomic E-state index is 12.3. The SMILES string of the molecule is C.CCN(CC)CCOc1ccc(/C(=C(/Cl)c2ccccc2)c2ccccc2)cc1.CC[NH+](CC)CCOc1ccc(/C(=C(/Cl)c2ccccc2)c2ccccc2)cc1.CC[NH+](CC)CCOc1ccc(/C(=C(/Cl)c2ccccc2)c2ccccc2)cc1.I.II.I[I-]I.N.O.O=C(O)CC(O)(CC(=O)O)C(=O)[O-].O=P1([O-])Oc2ccc3ccccc3c2-c2c(ccc3ccccc23)O1. The number of hydrogen-bond acceptors (Lipinski definition) is 14. The van der Waals surface area contributed by atoms with Gasteiger partial charge in [-0.05, 0) is 161 Å². The minimum Gasteiger partial charge on any atom is -0.736 e. The summed E-state index contributed by atoms with van der Waals surface area (Å²) in [5.74, 6) is -2.12. The zero-order valence-electron chi connectivity index (χ0n) is 74.4. The van der Waals surface area contributed by atoms with Crippen LogP contribution >= 0.6 is 141 Å². The van der Waals surface area contributed by atoms with Gasteiger partial charge in [0.1, 0.15) is 67.3 Å². The third kappa shape index (κ3) is 36.8. The molecule has 0 radical (unpaired) electrons. The molecule has 0 unspecified atom stereocenters. The van der Waals surface area contributed by atoms with Crippen molar-refractivity contribution in [3.63, 3.8) is 0 Å². The van der Waals surface area contributed by atoms with E-state index in [0.29, 0.717) is 19.9 Å². The molecule has 0 atom stereocenters. The van der Waals surface area contributed by atoms with Crippen LogP contribution in [0.4, 0.5) is 0 Å². The van der Waals surface area contributed by atoms with Crippen molar-refractivity contribution in [2.24, 2.45) is 0 Å². The third-order valence-corrected chi connectivity index (χ3v) is 23.2. The van der Waals surface area contributed by atoms with Crippen molar-refractivity contribution in [2.75, 3.05) is 78.7 Å². The van der Waals surface area contributed by atoms with Crippen LogP contribution in [0.5, 0.6) is 28.7 Å². The number of carboxylic acid groups (broad SMARTS) is 3. The summed E-state index contributed by atoms with van der Waals surface area (Å²) in [5.41, 5.74) is 11.2. The number of quaternary nitrogens is 2.